The molecule has 0 amide bonds. The molecule has 1 saturated carbocycles. The Labute approximate surface area is 77.3 Å². The summed E-state index contributed by atoms with van der Waals surface area (Å²) in [6.07, 6.45) is 3.61. The van der Waals surface area contributed by atoms with Gasteiger partial charge in [-0.3, -0.25) is 0 Å². The van der Waals surface area contributed by atoms with E-state index in [1.807, 2.05) is 0 Å². The molecule has 0 bridgehead atoms. The molecule has 13 heavy (non-hydrogen) atoms. The van der Waals surface area contributed by atoms with Gasteiger partial charge in [0.1, 0.15) is 0 Å². The van der Waals surface area contributed by atoms with E-state index < -0.39 is 0 Å². The Morgan fingerprint density at radius 2 is 2.38 bits per heavy atom. The van der Waals surface area contributed by atoms with Crippen LogP contribution in [0, 0.1) is 5.92 Å². The van der Waals surface area contributed by atoms with Gasteiger partial charge in [-0.15, -0.1) is 10.2 Å². The topological polar surface area (TPSA) is 69.6 Å². The third-order valence-electron chi connectivity index (χ3n) is 2.82. The molecule has 0 radical (unpaired) electrons. The number of tetrazole rings is 1. The van der Waals surface area contributed by atoms with Crippen LogP contribution in [0.1, 0.15) is 31.0 Å². The van der Waals surface area contributed by atoms with Crippen molar-refractivity contribution >= 4 is 0 Å². The van der Waals surface area contributed by atoms with Gasteiger partial charge in [0.2, 0.25) is 0 Å². The van der Waals surface area contributed by atoms with E-state index in [-0.39, 0.29) is 0 Å². The van der Waals surface area contributed by atoms with Gasteiger partial charge >= 0.3 is 0 Å². The maximum Gasteiger partial charge on any atom is 0.178 e. The van der Waals surface area contributed by atoms with Crippen LogP contribution >= 0.6 is 0 Å². The van der Waals surface area contributed by atoms with Crippen molar-refractivity contribution in [1.29, 1.82) is 0 Å². The zero-order valence-corrected chi connectivity index (χ0v) is 7.85. The number of rotatable bonds is 2. The Morgan fingerprint density at radius 3 is 3.00 bits per heavy atom. The second-order valence-corrected chi connectivity index (χ2v) is 3.67. The van der Waals surface area contributed by atoms with E-state index in [0.717, 1.165) is 18.8 Å². The fourth-order valence-electron chi connectivity index (χ4n) is 2.11. The Hall–Kier alpha value is -0.970. The van der Waals surface area contributed by atoms with Crippen LogP contribution in [0.4, 0.5) is 0 Å². The lowest BCUT2D eigenvalue weighted by molar-refractivity contribution is 0.475. The maximum atomic E-state index is 5.69. The van der Waals surface area contributed by atoms with Gasteiger partial charge in [-0.1, -0.05) is 6.42 Å². The highest BCUT2D eigenvalue weighted by molar-refractivity contribution is 4.98. The zero-order valence-electron chi connectivity index (χ0n) is 7.85. The Bertz CT molecular complexity index is 282. The highest BCUT2D eigenvalue weighted by Gasteiger charge is 2.30. The van der Waals surface area contributed by atoms with Crippen LogP contribution in [0.25, 0.3) is 0 Å². The van der Waals surface area contributed by atoms with Gasteiger partial charge in [-0.05, 0) is 30.5 Å². The third kappa shape index (κ3) is 1.56. The fraction of sp³-hybridized carbons (Fsp3) is 0.875. The predicted molar refractivity (Wildman–Crippen MR) is 47.9 cm³/mol. The second kappa shape index (κ2) is 3.41. The molecule has 1 fully saturated rings. The molecule has 0 aromatic carbocycles. The van der Waals surface area contributed by atoms with Crippen molar-refractivity contribution in [1.82, 2.24) is 20.2 Å². The molecule has 2 atom stereocenters. The normalized spacial score (nSPS) is 28.2. The average Bonchev–Trinajstić information content (AvgIpc) is 2.71. The molecule has 72 valence electrons. The van der Waals surface area contributed by atoms with Crippen LogP contribution in [0.2, 0.25) is 0 Å². The summed E-state index contributed by atoms with van der Waals surface area (Å²) in [5.74, 6) is 1.87. The van der Waals surface area contributed by atoms with Gasteiger partial charge in [0, 0.05) is 5.92 Å². The Morgan fingerprint density at radius 1 is 1.54 bits per heavy atom. The number of nitrogens with two attached hydrogens (primary N) is 1. The minimum Gasteiger partial charge on any atom is -0.330 e. The van der Waals surface area contributed by atoms with Crippen LogP contribution in [0.15, 0.2) is 0 Å². The molecular formula is C8H15N5. The van der Waals surface area contributed by atoms with Crippen molar-refractivity contribution in [2.24, 2.45) is 18.7 Å². The summed E-state index contributed by atoms with van der Waals surface area (Å²) in [7, 11) is 1.79. The molecule has 1 aromatic rings. The van der Waals surface area contributed by atoms with Crippen molar-refractivity contribution < 1.29 is 0 Å². The molecule has 1 aliphatic rings. The van der Waals surface area contributed by atoms with Crippen molar-refractivity contribution in [3.8, 4) is 0 Å². The highest BCUT2D eigenvalue weighted by Crippen LogP contribution is 2.36. The van der Waals surface area contributed by atoms with E-state index in [1.54, 1.807) is 7.05 Å². The van der Waals surface area contributed by atoms with E-state index in [2.05, 4.69) is 15.4 Å². The number of aromatic nitrogens is 4. The molecule has 1 aliphatic carbocycles. The third-order valence-corrected chi connectivity index (χ3v) is 2.82. The van der Waals surface area contributed by atoms with Gasteiger partial charge in [-0.25, -0.2) is 0 Å². The van der Waals surface area contributed by atoms with Crippen molar-refractivity contribution in [2.75, 3.05) is 6.54 Å². The quantitative estimate of drug-likeness (QED) is 0.700. The number of nitrogens with zero attached hydrogens (tertiary/aromatic N) is 4. The lowest BCUT2D eigenvalue weighted by Gasteiger charge is -2.12. The van der Waals surface area contributed by atoms with Crippen LogP contribution in [-0.4, -0.2) is 26.8 Å². The summed E-state index contributed by atoms with van der Waals surface area (Å²) in [6, 6.07) is 0. The molecular weight excluding hydrogens is 166 g/mol. The predicted octanol–water partition coefficient (Wildman–Crippen LogP) is 0.0525. The monoisotopic (exact) mass is 181 g/mol. The first-order chi connectivity index (χ1) is 6.31. The van der Waals surface area contributed by atoms with Crippen molar-refractivity contribution in [2.45, 2.75) is 25.2 Å². The number of hydrogen-bond acceptors (Lipinski definition) is 4. The van der Waals surface area contributed by atoms with Crippen molar-refractivity contribution in [3.05, 3.63) is 5.82 Å². The Kier molecular flexibility index (Phi) is 2.26. The maximum absolute atomic E-state index is 5.69. The van der Waals surface area contributed by atoms with Gasteiger partial charge in [-0.2, -0.15) is 4.80 Å². The van der Waals surface area contributed by atoms with E-state index in [9.17, 15) is 0 Å². The average molecular weight is 181 g/mol. The zero-order chi connectivity index (χ0) is 9.26. The van der Waals surface area contributed by atoms with Crippen LogP contribution in [0.5, 0.6) is 0 Å². The van der Waals surface area contributed by atoms with E-state index in [1.165, 1.54) is 17.6 Å². The molecule has 1 aromatic heterocycles. The molecule has 0 spiro atoms. The summed E-state index contributed by atoms with van der Waals surface area (Å²) >= 11 is 0. The van der Waals surface area contributed by atoms with Crippen LogP contribution in [-0.2, 0) is 7.05 Å². The van der Waals surface area contributed by atoms with Gasteiger partial charge < -0.3 is 5.73 Å². The van der Waals surface area contributed by atoms with Crippen LogP contribution in [0.3, 0.4) is 0 Å². The summed E-state index contributed by atoms with van der Waals surface area (Å²) in [4.78, 5) is 1.52. The summed E-state index contributed by atoms with van der Waals surface area (Å²) in [5.41, 5.74) is 5.69. The Balaban J connectivity index is 2.15. The minimum atomic E-state index is 0.443. The summed E-state index contributed by atoms with van der Waals surface area (Å²) < 4.78 is 0. The largest absolute Gasteiger partial charge is 0.330 e. The lowest BCUT2D eigenvalue weighted by atomic mass is 9.96. The fourth-order valence-corrected chi connectivity index (χ4v) is 2.11. The number of hydrogen-bond donors (Lipinski definition) is 1. The van der Waals surface area contributed by atoms with E-state index in [0.29, 0.717) is 11.8 Å². The van der Waals surface area contributed by atoms with Crippen molar-refractivity contribution in [3.63, 3.8) is 0 Å². The standard InChI is InChI=1S/C8H15N5/c1-13-11-8(10-12-13)7-4-2-3-6(7)5-9/h6-7H,2-5,9H2,1H3. The summed E-state index contributed by atoms with van der Waals surface area (Å²) in [6.45, 7) is 0.739. The second-order valence-electron chi connectivity index (χ2n) is 3.67. The molecule has 0 aliphatic heterocycles. The molecule has 5 heteroatoms. The van der Waals surface area contributed by atoms with E-state index in [4.69, 9.17) is 5.73 Å². The minimum absolute atomic E-state index is 0.443. The first-order valence-corrected chi connectivity index (χ1v) is 4.75. The molecule has 1 heterocycles. The molecule has 2 unspecified atom stereocenters. The first kappa shape index (κ1) is 8.62. The van der Waals surface area contributed by atoms with Crippen LogP contribution < -0.4 is 5.73 Å². The highest BCUT2D eigenvalue weighted by atomic mass is 15.6. The lowest BCUT2D eigenvalue weighted by Crippen LogP contribution is -2.18. The van der Waals surface area contributed by atoms with E-state index >= 15 is 0 Å². The van der Waals surface area contributed by atoms with Gasteiger partial charge in [0.05, 0.1) is 7.05 Å². The number of aryl methyl sites for hydroxylation is 1. The first-order valence-electron chi connectivity index (χ1n) is 4.75. The molecule has 0 saturated heterocycles. The molecule has 2 rings (SSSR count). The smallest absolute Gasteiger partial charge is 0.178 e. The van der Waals surface area contributed by atoms with Gasteiger partial charge in [0.25, 0.3) is 0 Å². The molecule has 5 nitrogen and oxygen atoms in total. The summed E-state index contributed by atoms with van der Waals surface area (Å²) in [5, 5.41) is 12.1. The molecule has 2 N–H and O–H groups in total. The van der Waals surface area contributed by atoms with Gasteiger partial charge in [0.15, 0.2) is 5.82 Å². The SMILES string of the molecule is Cn1nnc(C2CCCC2CN)n1.